The van der Waals surface area contributed by atoms with Gasteiger partial charge in [0.25, 0.3) is 0 Å². The quantitative estimate of drug-likeness (QED) is 0.880. The molecule has 110 valence electrons. The number of hydrogen-bond acceptors (Lipinski definition) is 3. The summed E-state index contributed by atoms with van der Waals surface area (Å²) >= 11 is 0. The maximum Gasteiger partial charge on any atom is 0.243 e. The number of amides is 2. The molecule has 1 aliphatic rings. The van der Waals surface area contributed by atoms with Crippen molar-refractivity contribution in [1.29, 1.82) is 0 Å². The minimum Gasteiger partial charge on any atom is -0.335 e. The van der Waals surface area contributed by atoms with Crippen molar-refractivity contribution in [3.8, 4) is 0 Å². The summed E-state index contributed by atoms with van der Waals surface area (Å²) in [4.78, 5) is 25.1. The number of hydrogen-bond donors (Lipinski definition) is 2. The number of halogens is 1. The molecule has 0 bridgehead atoms. The number of carbonyl (C=O) groups is 2. The third kappa shape index (κ3) is 3.95. The lowest BCUT2D eigenvalue weighted by molar-refractivity contribution is -0.135. The number of aryl methyl sites for hydroxylation is 1. The van der Waals surface area contributed by atoms with Gasteiger partial charge < -0.3 is 16.0 Å². The van der Waals surface area contributed by atoms with Crippen LogP contribution >= 0.6 is 12.4 Å². The molecule has 0 heterocycles. The standard InChI is InChI=1S/C14H19N3O2.ClH/c1-10-3-5-11(6-4-10)16-12(18)9-17(2)13(19)14(15)7-8-14;/h3-6H,7-9,15H2,1-2H3,(H,16,18);1H. The minimum atomic E-state index is -0.723. The van der Waals surface area contributed by atoms with Crippen LogP contribution in [0.5, 0.6) is 0 Å². The summed E-state index contributed by atoms with van der Waals surface area (Å²) in [5.41, 5.74) is 6.95. The second-order valence-corrected chi connectivity index (χ2v) is 5.23. The lowest BCUT2D eigenvalue weighted by Crippen LogP contribution is -2.46. The molecule has 5 nitrogen and oxygen atoms in total. The Morgan fingerprint density at radius 3 is 2.35 bits per heavy atom. The van der Waals surface area contributed by atoms with Gasteiger partial charge in [0.15, 0.2) is 0 Å². The molecule has 1 aromatic rings. The van der Waals surface area contributed by atoms with Gasteiger partial charge in [0.2, 0.25) is 11.8 Å². The lowest BCUT2D eigenvalue weighted by atomic mass is 10.2. The average molecular weight is 298 g/mol. The molecule has 2 rings (SSSR count). The SMILES string of the molecule is Cc1ccc(NC(=O)CN(C)C(=O)C2(N)CC2)cc1.Cl. The molecule has 2 amide bonds. The molecule has 1 saturated carbocycles. The van der Waals surface area contributed by atoms with Crippen LogP contribution in [0.2, 0.25) is 0 Å². The summed E-state index contributed by atoms with van der Waals surface area (Å²) in [5, 5.41) is 2.75. The highest BCUT2D eigenvalue weighted by Gasteiger charge is 2.47. The Morgan fingerprint density at radius 2 is 1.85 bits per heavy atom. The highest BCUT2D eigenvalue weighted by Crippen LogP contribution is 2.33. The van der Waals surface area contributed by atoms with E-state index in [4.69, 9.17) is 5.73 Å². The molecular weight excluding hydrogens is 278 g/mol. The first-order chi connectivity index (χ1) is 8.90. The Kier molecular flexibility index (Phi) is 5.14. The van der Waals surface area contributed by atoms with Crippen molar-refractivity contribution in [3.05, 3.63) is 29.8 Å². The van der Waals surface area contributed by atoms with Gasteiger partial charge in [0.1, 0.15) is 0 Å². The fraction of sp³-hybridized carbons (Fsp3) is 0.429. The molecule has 6 heteroatoms. The van der Waals surface area contributed by atoms with Gasteiger partial charge in [-0.15, -0.1) is 12.4 Å². The molecular formula is C14H20ClN3O2. The summed E-state index contributed by atoms with van der Waals surface area (Å²) in [6, 6.07) is 7.51. The number of rotatable bonds is 4. The predicted octanol–water partition coefficient (Wildman–Crippen LogP) is 1.31. The fourth-order valence-electron chi connectivity index (χ4n) is 1.85. The van der Waals surface area contributed by atoms with Crippen molar-refractivity contribution >= 4 is 29.9 Å². The minimum absolute atomic E-state index is 0. The van der Waals surface area contributed by atoms with Crippen molar-refractivity contribution in [2.45, 2.75) is 25.3 Å². The Hall–Kier alpha value is -1.59. The topological polar surface area (TPSA) is 75.4 Å². The normalized spacial score (nSPS) is 14.9. The van der Waals surface area contributed by atoms with Gasteiger partial charge in [-0.1, -0.05) is 17.7 Å². The van der Waals surface area contributed by atoms with E-state index < -0.39 is 5.54 Å². The van der Waals surface area contributed by atoms with E-state index in [0.717, 1.165) is 11.3 Å². The molecule has 3 N–H and O–H groups in total. The highest BCUT2D eigenvalue weighted by molar-refractivity contribution is 5.96. The van der Waals surface area contributed by atoms with Crippen molar-refractivity contribution < 1.29 is 9.59 Å². The number of nitrogens with zero attached hydrogens (tertiary/aromatic N) is 1. The van der Waals surface area contributed by atoms with Crippen molar-refractivity contribution in [1.82, 2.24) is 4.90 Å². The van der Waals surface area contributed by atoms with E-state index in [1.807, 2.05) is 31.2 Å². The Labute approximate surface area is 124 Å². The van der Waals surface area contributed by atoms with Crippen LogP contribution in [0.1, 0.15) is 18.4 Å². The van der Waals surface area contributed by atoms with Gasteiger partial charge in [0, 0.05) is 12.7 Å². The number of nitrogens with one attached hydrogen (secondary N) is 1. The molecule has 0 aromatic heterocycles. The third-order valence-electron chi connectivity index (χ3n) is 3.28. The zero-order valence-electron chi connectivity index (χ0n) is 11.7. The molecule has 0 aliphatic heterocycles. The van der Waals surface area contributed by atoms with Crippen LogP contribution in [0.15, 0.2) is 24.3 Å². The van der Waals surface area contributed by atoms with E-state index in [2.05, 4.69) is 5.32 Å². The van der Waals surface area contributed by atoms with Gasteiger partial charge in [-0.05, 0) is 31.9 Å². The lowest BCUT2D eigenvalue weighted by Gasteiger charge is -2.20. The molecule has 0 saturated heterocycles. The van der Waals surface area contributed by atoms with Gasteiger partial charge in [0.05, 0.1) is 12.1 Å². The fourth-order valence-corrected chi connectivity index (χ4v) is 1.85. The molecule has 1 fully saturated rings. The van der Waals surface area contributed by atoms with Crippen LogP contribution < -0.4 is 11.1 Å². The molecule has 0 atom stereocenters. The molecule has 1 aromatic carbocycles. The zero-order valence-corrected chi connectivity index (χ0v) is 12.5. The summed E-state index contributed by atoms with van der Waals surface area (Å²) in [6.45, 7) is 2.00. The average Bonchev–Trinajstić information content (AvgIpc) is 3.10. The van der Waals surface area contributed by atoms with Crippen LogP contribution in [0.25, 0.3) is 0 Å². The van der Waals surface area contributed by atoms with Gasteiger partial charge >= 0.3 is 0 Å². The Bertz CT molecular complexity index is 498. The number of likely N-dealkylation sites (N-methyl/N-ethyl adjacent to an activating group) is 1. The first-order valence-electron chi connectivity index (χ1n) is 6.32. The van der Waals surface area contributed by atoms with E-state index in [1.165, 1.54) is 4.90 Å². The Morgan fingerprint density at radius 1 is 1.30 bits per heavy atom. The van der Waals surface area contributed by atoms with E-state index in [0.29, 0.717) is 12.8 Å². The number of anilines is 1. The second kappa shape index (κ2) is 6.24. The van der Waals surface area contributed by atoms with Gasteiger partial charge in [-0.2, -0.15) is 0 Å². The molecule has 1 aliphatic carbocycles. The summed E-state index contributed by atoms with van der Waals surface area (Å²) in [5.74, 6) is -0.379. The van der Waals surface area contributed by atoms with Crippen molar-refractivity contribution in [3.63, 3.8) is 0 Å². The highest BCUT2D eigenvalue weighted by atomic mass is 35.5. The largest absolute Gasteiger partial charge is 0.335 e. The third-order valence-corrected chi connectivity index (χ3v) is 3.28. The summed E-state index contributed by atoms with van der Waals surface area (Å²) < 4.78 is 0. The number of nitrogens with two attached hydrogens (primary N) is 1. The van der Waals surface area contributed by atoms with E-state index in [-0.39, 0.29) is 30.8 Å². The summed E-state index contributed by atoms with van der Waals surface area (Å²) in [7, 11) is 1.60. The van der Waals surface area contributed by atoms with Gasteiger partial charge in [-0.25, -0.2) is 0 Å². The predicted molar refractivity (Wildman–Crippen MR) is 80.8 cm³/mol. The van der Waals surface area contributed by atoms with Crippen molar-refractivity contribution in [2.75, 3.05) is 18.9 Å². The zero-order chi connectivity index (χ0) is 14.0. The molecule has 0 radical (unpaired) electrons. The number of benzene rings is 1. The molecule has 20 heavy (non-hydrogen) atoms. The number of carbonyl (C=O) groups excluding carboxylic acids is 2. The van der Waals surface area contributed by atoms with E-state index >= 15 is 0 Å². The maximum absolute atomic E-state index is 11.9. The van der Waals surface area contributed by atoms with Crippen LogP contribution in [-0.2, 0) is 9.59 Å². The van der Waals surface area contributed by atoms with Crippen LogP contribution in [0.4, 0.5) is 5.69 Å². The Balaban J connectivity index is 0.00000200. The second-order valence-electron chi connectivity index (χ2n) is 5.23. The van der Waals surface area contributed by atoms with E-state index in [1.54, 1.807) is 7.05 Å². The summed E-state index contributed by atoms with van der Waals surface area (Å²) in [6.07, 6.45) is 1.41. The molecule has 0 spiro atoms. The smallest absolute Gasteiger partial charge is 0.243 e. The van der Waals surface area contributed by atoms with Crippen LogP contribution in [-0.4, -0.2) is 35.8 Å². The van der Waals surface area contributed by atoms with Crippen LogP contribution in [0, 0.1) is 6.92 Å². The van der Waals surface area contributed by atoms with Gasteiger partial charge in [-0.3, -0.25) is 9.59 Å². The van der Waals surface area contributed by atoms with Crippen LogP contribution in [0.3, 0.4) is 0 Å². The maximum atomic E-state index is 11.9. The van der Waals surface area contributed by atoms with Crippen molar-refractivity contribution in [2.24, 2.45) is 5.73 Å². The monoisotopic (exact) mass is 297 g/mol. The first-order valence-corrected chi connectivity index (χ1v) is 6.32. The van der Waals surface area contributed by atoms with E-state index in [9.17, 15) is 9.59 Å². The molecule has 0 unspecified atom stereocenters. The first kappa shape index (κ1) is 16.5.